The minimum absolute atomic E-state index is 0.360. The summed E-state index contributed by atoms with van der Waals surface area (Å²) in [4.78, 5) is 33.3. The number of carbonyl (C=O) groups is 3. The van der Waals surface area contributed by atoms with Crippen LogP contribution >= 0.6 is 0 Å². The van der Waals surface area contributed by atoms with E-state index in [1.54, 1.807) is 0 Å². The predicted molar refractivity (Wildman–Crippen MR) is 55.8 cm³/mol. The zero-order chi connectivity index (χ0) is 13.0. The number of carboxylic acid groups (broad SMARTS) is 1. The molecule has 7 nitrogen and oxygen atoms in total. The first-order chi connectivity index (χ1) is 7.20. The second-order valence-corrected chi connectivity index (χ2v) is 3.42. The fourth-order valence-corrected chi connectivity index (χ4v) is 1.11. The largest absolute Gasteiger partial charge is 0.480 e. The highest BCUT2D eigenvalue weighted by Crippen LogP contribution is 2.07. The molecule has 0 spiro atoms. The highest BCUT2D eigenvalue weighted by Gasteiger charge is 2.30. The van der Waals surface area contributed by atoms with Gasteiger partial charge in [0.15, 0.2) is 0 Å². The number of hydrogen-bond acceptors (Lipinski definition) is 4. The zero-order valence-corrected chi connectivity index (χ0v) is 10.1. The van der Waals surface area contributed by atoms with Gasteiger partial charge in [0.25, 0.3) is 0 Å². The van der Waals surface area contributed by atoms with E-state index in [-0.39, 0.29) is 11.8 Å². The Morgan fingerprint density at radius 1 is 1.00 bits per heavy atom. The van der Waals surface area contributed by atoms with Crippen molar-refractivity contribution in [2.24, 2.45) is 0 Å². The van der Waals surface area contributed by atoms with Crippen LogP contribution in [0, 0.1) is 0 Å². The monoisotopic (exact) mass is 231 g/mol. The first-order valence-electron chi connectivity index (χ1n) is 4.70. The Balaban J connectivity index is 5.12. The van der Waals surface area contributed by atoms with Gasteiger partial charge in [-0.3, -0.25) is 24.4 Å². The van der Waals surface area contributed by atoms with Crippen molar-refractivity contribution in [1.82, 2.24) is 15.1 Å². The summed E-state index contributed by atoms with van der Waals surface area (Å²) in [6.45, 7) is 3.96. The predicted octanol–water partition coefficient (Wildman–Crippen LogP) is -0.452. The van der Waals surface area contributed by atoms with Gasteiger partial charge in [0.05, 0.1) is 0 Å². The van der Waals surface area contributed by atoms with E-state index in [0.29, 0.717) is 0 Å². The molecule has 0 unspecified atom stereocenters. The van der Waals surface area contributed by atoms with E-state index in [1.807, 2.05) is 0 Å². The minimum atomic E-state index is -1.12. The molecule has 0 aliphatic heterocycles. The number of carboxylic acids is 1. The van der Waals surface area contributed by atoms with Gasteiger partial charge in [-0.05, 0) is 6.92 Å². The number of aliphatic carboxylic acids is 1. The van der Waals surface area contributed by atoms with Crippen LogP contribution in [0.15, 0.2) is 0 Å². The van der Waals surface area contributed by atoms with Crippen LogP contribution in [0.25, 0.3) is 0 Å². The maximum absolute atomic E-state index is 11.2. The fraction of sp³-hybridized carbons (Fsp3) is 0.667. The highest BCUT2D eigenvalue weighted by atomic mass is 16.4. The molecule has 0 rings (SSSR count). The SMILES string of the molecule is CC(=O)N(C)N([C@@H](C)C(=O)O)N(C)C(C)=O. The minimum Gasteiger partial charge on any atom is -0.480 e. The molecule has 0 aromatic rings. The average molecular weight is 231 g/mol. The van der Waals surface area contributed by atoms with Gasteiger partial charge in [0.1, 0.15) is 6.04 Å². The first-order valence-corrected chi connectivity index (χ1v) is 4.70. The smallest absolute Gasteiger partial charge is 0.324 e. The van der Waals surface area contributed by atoms with Crippen LogP contribution in [0.2, 0.25) is 0 Å². The summed E-state index contributed by atoms with van der Waals surface area (Å²) >= 11 is 0. The zero-order valence-electron chi connectivity index (χ0n) is 10.1. The van der Waals surface area contributed by atoms with Crippen molar-refractivity contribution in [2.75, 3.05) is 14.1 Å². The van der Waals surface area contributed by atoms with Crippen molar-refractivity contribution >= 4 is 17.8 Å². The molecule has 0 aromatic carbocycles. The van der Waals surface area contributed by atoms with Gasteiger partial charge in [-0.1, -0.05) is 0 Å². The van der Waals surface area contributed by atoms with E-state index in [4.69, 9.17) is 5.11 Å². The normalized spacial score (nSPS) is 12.1. The van der Waals surface area contributed by atoms with Crippen LogP contribution in [-0.2, 0) is 14.4 Å². The van der Waals surface area contributed by atoms with Crippen LogP contribution in [0.5, 0.6) is 0 Å². The van der Waals surface area contributed by atoms with E-state index < -0.39 is 12.0 Å². The Morgan fingerprint density at radius 3 is 1.50 bits per heavy atom. The summed E-state index contributed by atoms with van der Waals surface area (Å²) in [5.74, 6) is -1.84. The van der Waals surface area contributed by atoms with Gasteiger partial charge in [-0.2, -0.15) is 0 Å². The summed E-state index contributed by atoms with van der Waals surface area (Å²) in [6.07, 6.45) is 0. The van der Waals surface area contributed by atoms with Crippen molar-refractivity contribution in [3.8, 4) is 0 Å². The van der Waals surface area contributed by atoms with Crippen LogP contribution < -0.4 is 0 Å². The molecule has 0 aromatic heterocycles. The number of rotatable bonds is 4. The van der Waals surface area contributed by atoms with E-state index in [9.17, 15) is 14.4 Å². The summed E-state index contributed by atoms with van der Waals surface area (Å²) in [7, 11) is 2.81. The molecule has 0 aliphatic carbocycles. The Labute approximate surface area is 94.2 Å². The Morgan fingerprint density at radius 2 is 1.31 bits per heavy atom. The molecule has 1 N–H and O–H groups in total. The Kier molecular flexibility index (Phi) is 4.90. The van der Waals surface area contributed by atoms with Crippen molar-refractivity contribution in [3.05, 3.63) is 0 Å². The molecule has 0 fully saturated rings. The van der Waals surface area contributed by atoms with E-state index >= 15 is 0 Å². The topological polar surface area (TPSA) is 81.2 Å². The third kappa shape index (κ3) is 3.20. The molecule has 0 bridgehead atoms. The fourth-order valence-electron chi connectivity index (χ4n) is 1.11. The lowest BCUT2D eigenvalue weighted by Crippen LogP contribution is -2.59. The van der Waals surface area contributed by atoms with Gasteiger partial charge in [0, 0.05) is 27.9 Å². The van der Waals surface area contributed by atoms with Crippen LogP contribution in [-0.4, -0.2) is 58.2 Å². The summed E-state index contributed by atoms with van der Waals surface area (Å²) in [6, 6.07) is -1.01. The van der Waals surface area contributed by atoms with Crippen molar-refractivity contribution in [1.29, 1.82) is 0 Å². The molecule has 92 valence electrons. The summed E-state index contributed by atoms with van der Waals surface area (Å²) < 4.78 is 0. The molecule has 2 amide bonds. The van der Waals surface area contributed by atoms with Crippen molar-refractivity contribution < 1.29 is 19.5 Å². The lowest BCUT2D eigenvalue weighted by Gasteiger charge is -2.39. The van der Waals surface area contributed by atoms with Gasteiger partial charge in [-0.25, -0.2) is 0 Å². The number of nitrogens with zero attached hydrogens (tertiary/aromatic N) is 3. The number of hydrazine groups is 2. The van der Waals surface area contributed by atoms with Gasteiger partial charge in [0.2, 0.25) is 11.8 Å². The third-order valence-corrected chi connectivity index (χ3v) is 2.23. The van der Waals surface area contributed by atoms with Crippen molar-refractivity contribution in [2.45, 2.75) is 26.8 Å². The highest BCUT2D eigenvalue weighted by molar-refractivity contribution is 5.77. The Bertz CT molecular complexity index is 258. The molecular weight excluding hydrogens is 214 g/mol. The van der Waals surface area contributed by atoms with Crippen LogP contribution in [0.4, 0.5) is 0 Å². The second-order valence-electron chi connectivity index (χ2n) is 3.42. The second kappa shape index (κ2) is 5.45. The number of amides is 2. The van der Waals surface area contributed by atoms with Gasteiger partial charge in [-0.15, -0.1) is 5.12 Å². The van der Waals surface area contributed by atoms with Gasteiger partial charge < -0.3 is 5.11 Å². The standard InChI is InChI=1S/C9H17N3O4/c1-6(9(15)16)12(10(4)7(2)13)11(5)8(3)14/h6H,1-5H3,(H,15,16)/t6-/m0/s1. The first kappa shape index (κ1) is 14.4. The maximum Gasteiger partial charge on any atom is 0.324 e. The molecule has 0 radical (unpaired) electrons. The van der Waals surface area contributed by atoms with E-state index in [2.05, 4.69) is 0 Å². The van der Waals surface area contributed by atoms with E-state index in [0.717, 1.165) is 15.1 Å². The molecule has 0 saturated carbocycles. The molecule has 16 heavy (non-hydrogen) atoms. The maximum atomic E-state index is 11.2. The quantitative estimate of drug-likeness (QED) is 0.663. The molecular formula is C9H17N3O4. The number of carbonyl (C=O) groups excluding carboxylic acids is 2. The molecule has 1 atom stereocenters. The summed E-state index contributed by atoms with van der Waals surface area (Å²) in [5.41, 5.74) is 0. The molecule has 0 saturated heterocycles. The average Bonchev–Trinajstić information content (AvgIpc) is 2.16. The molecule has 0 heterocycles. The summed E-state index contributed by atoms with van der Waals surface area (Å²) in [5, 5.41) is 12.2. The van der Waals surface area contributed by atoms with Crippen molar-refractivity contribution in [3.63, 3.8) is 0 Å². The van der Waals surface area contributed by atoms with Crippen LogP contribution in [0.1, 0.15) is 20.8 Å². The Hall–Kier alpha value is -1.63. The molecule has 0 aliphatic rings. The third-order valence-electron chi connectivity index (χ3n) is 2.23. The molecule has 7 heteroatoms. The number of hydrogen-bond donors (Lipinski definition) is 1. The van der Waals surface area contributed by atoms with Crippen LogP contribution in [0.3, 0.4) is 0 Å². The lowest BCUT2D eigenvalue weighted by molar-refractivity contribution is -0.204. The lowest BCUT2D eigenvalue weighted by atomic mass is 10.3. The van der Waals surface area contributed by atoms with E-state index in [1.165, 1.54) is 34.9 Å². The van der Waals surface area contributed by atoms with Gasteiger partial charge >= 0.3 is 5.97 Å².